The lowest BCUT2D eigenvalue weighted by Crippen LogP contribution is -2.40. The highest BCUT2D eigenvalue weighted by Gasteiger charge is 2.23. The Balaban J connectivity index is 1.46. The van der Waals surface area contributed by atoms with Crippen LogP contribution in [0.2, 0.25) is 0 Å². The summed E-state index contributed by atoms with van der Waals surface area (Å²) in [6, 6.07) is 8.59. The third-order valence-corrected chi connectivity index (χ3v) is 6.12. The number of morpholine rings is 1. The Morgan fingerprint density at radius 3 is 2.78 bits per heavy atom. The molecule has 0 spiro atoms. The Labute approximate surface area is 192 Å². The number of amides is 1. The maximum absolute atomic E-state index is 11.5. The smallest absolute Gasteiger partial charge is 0.221 e. The molecule has 178 valence electrons. The molecule has 0 bridgehead atoms. The number of guanidine groups is 1. The van der Waals surface area contributed by atoms with Crippen LogP contribution in [0, 0.1) is 5.92 Å². The molecule has 0 aromatic heterocycles. The number of piperidine rings is 1. The van der Waals surface area contributed by atoms with Gasteiger partial charge in [0, 0.05) is 39.3 Å². The molecule has 8 heteroatoms. The van der Waals surface area contributed by atoms with Crippen molar-refractivity contribution in [3.63, 3.8) is 0 Å². The summed E-state index contributed by atoms with van der Waals surface area (Å²) in [6.45, 7) is 11.9. The third-order valence-electron chi connectivity index (χ3n) is 6.12. The molecule has 1 aromatic rings. The Morgan fingerprint density at radius 1 is 1.19 bits per heavy atom. The van der Waals surface area contributed by atoms with Gasteiger partial charge in [-0.25, -0.2) is 4.99 Å². The predicted molar refractivity (Wildman–Crippen MR) is 128 cm³/mol. The Bertz CT molecular complexity index is 735. The zero-order chi connectivity index (χ0) is 22.6. The van der Waals surface area contributed by atoms with E-state index in [1.54, 1.807) is 0 Å². The quantitative estimate of drug-likeness (QED) is 0.285. The van der Waals surface area contributed by atoms with Gasteiger partial charge < -0.3 is 21.1 Å². The lowest BCUT2D eigenvalue weighted by Gasteiger charge is -2.31. The van der Waals surface area contributed by atoms with E-state index in [0.717, 1.165) is 90.8 Å². The lowest BCUT2D eigenvalue weighted by molar-refractivity contribution is -0.123. The topological polar surface area (TPSA) is 95.2 Å². The van der Waals surface area contributed by atoms with Crippen molar-refractivity contribution in [1.82, 2.24) is 20.4 Å². The second-order valence-electron chi connectivity index (χ2n) is 8.73. The maximum Gasteiger partial charge on any atom is 0.221 e. The number of primary amides is 1. The molecule has 0 saturated carbocycles. The molecule has 2 fully saturated rings. The van der Waals surface area contributed by atoms with Gasteiger partial charge in [0.05, 0.1) is 25.7 Å². The van der Waals surface area contributed by atoms with E-state index in [1.807, 2.05) is 0 Å². The van der Waals surface area contributed by atoms with Gasteiger partial charge in [0.2, 0.25) is 5.91 Å². The summed E-state index contributed by atoms with van der Waals surface area (Å²) in [4.78, 5) is 21.1. The average molecular weight is 445 g/mol. The van der Waals surface area contributed by atoms with Crippen molar-refractivity contribution in [3.8, 4) is 0 Å². The van der Waals surface area contributed by atoms with Crippen LogP contribution in [0.1, 0.15) is 37.3 Å². The first-order valence-electron chi connectivity index (χ1n) is 12.1. The molecule has 2 aliphatic heterocycles. The number of ether oxygens (including phenoxy) is 1. The van der Waals surface area contributed by atoms with Gasteiger partial charge in [-0.1, -0.05) is 24.3 Å². The van der Waals surface area contributed by atoms with Crippen LogP contribution in [-0.2, 0) is 22.6 Å². The lowest BCUT2D eigenvalue weighted by atomic mass is 9.97. The van der Waals surface area contributed by atoms with Gasteiger partial charge in [-0.3, -0.25) is 14.6 Å². The van der Waals surface area contributed by atoms with E-state index in [9.17, 15) is 4.79 Å². The normalized spacial score (nSPS) is 20.8. The zero-order valence-corrected chi connectivity index (χ0v) is 19.5. The Kier molecular flexibility index (Phi) is 10.3. The number of likely N-dealkylation sites (tertiary alicyclic amines) is 1. The van der Waals surface area contributed by atoms with E-state index in [4.69, 9.17) is 15.5 Å². The fourth-order valence-electron chi connectivity index (χ4n) is 4.36. The van der Waals surface area contributed by atoms with Gasteiger partial charge in [0.25, 0.3) is 0 Å². The van der Waals surface area contributed by atoms with E-state index in [1.165, 1.54) is 11.1 Å². The molecule has 1 amide bonds. The van der Waals surface area contributed by atoms with Crippen molar-refractivity contribution in [2.75, 3.05) is 59.0 Å². The van der Waals surface area contributed by atoms with Crippen molar-refractivity contribution >= 4 is 11.9 Å². The molecular formula is C24H40N6O2. The number of hydrogen-bond acceptors (Lipinski definition) is 5. The molecule has 4 N–H and O–H groups in total. The molecule has 2 aliphatic rings. The Hall–Kier alpha value is -2.16. The van der Waals surface area contributed by atoms with Crippen molar-refractivity contribution in [2.24, 2.45) is 16.6 Å². The van der Waals surface area contributed by atoms with Crippen LogP contribution in [0.5, 0.6) is 0 Å². The second-order valence-corrected chi connectivity index (χ2v) is 8.73. The first-order valence-corrected chi connectivity index (χ1v) is 12.1. The number of carbonyl (C=O) groups is 1. The van der Waals surface area contributed by atoms with Gasteiger partial charge >= 0.3 is 0 Å². The summed E-state index contributed by atoms with van der Waals surface area (Å²) in [5.74, 6) is 0.667. The van der Waals surface area contributed by atoms with Gasteiger partial charge in [-0.15, -0.1) is 0 Å². The molecule has 1 unspecified atom stereocenters. The highest BCUT2D eigenvalue weighted by Crippen LogP contribution is 2.19. The minimum Gasteiger partial charge on any atom is -0.379 e. The molecule has 3 rings (SSSR count). The minimum absolute atomic E-state index is 0.0199. The van der Waals surface area contributed by atoms with Crippen LogP contribution in [0.4, 0.5) is 0 Å². The summed E-state index contributed by atoms with van der Waals surface area (Å²) >= 11 is 0. The van der Waals surface area contributed by atoms with Crippen LogP contribution in [0.15, 0.2) is 29.3 Å². The second kappa shape index (κ2) is 13.4. The highest BCUT2D eigenvalue weighted by atomic mass is 16.5. The minimum atomic E-state index is -0.175. The fourth-order valence-corrected chi connectivity index (χ4v) is 4.36. The molecule has 0 aliphatic carbocycles. The third kappa shape index (κ3) is 8.41. The van der Waals surface area contributed by atoms with E-state index >= 15 is 0 Å². The predicted octanol–water partition coefficient (Wildman–Crippen LogP) is 1.16. The SMILES string of the molecule is CCNC(=NCc1cccc(CN2CCCC(C(N)=O)C2)c1)NCCCN1CCOCC1. The summed E-state index contributed by atoms with van der Waals surface area (Å²) in [5, 5.41) is 6.80. The van der Waals surface area contributed by atoms with E-state index in [0.29, 0.717) is 6.54 Å². The van der Waals surface area contributed by atoms with Crippen LogP contribution in [0.25, 0.3) is 0 Å². The monoisotopic (exact) mass is 444 g/mol. The van der Waals surface area contributed by atoms with Crippen LogP contribution in [-0.4, -0.2) is 80.7 Å². The van der Waals surface area contributed by atoms with Gasteiger partial charge in [0.15, 0.2) is 5.96 Å². The molecule has 2 saturated heterocycles. The average Bonchev–Trinajstić information content (AvgIpc) is 2.81. The van der Waals surface area contributed by atoms with E-state index in [-0.39, 0.29) is 11.8 Å². The molecular weight excluding hydrogens is 404 g/mol. The first-order chi connectivity index (χ1) is 15.6. The molecule has 1 aromatic carbocycles. The largest absolute Gasteiger partial charge is 0.379 e. The molecule has 8 nitrogen and oxygen atoms in total. The highest BCUT2D eigenvalue weighted by molar-refractivity contribution is 5.79. The zero-order valence-electron chi connectivity index (χ0n) is 19.5. The number of benzene rings is 1. The van der Waals surface area contributed by atoms with E-state index in [2.05, 4.69) is 51.6 Å². The number of nitrogens with two attached hydrogens (primary N) is 1. The van der Waals surface area contributed by atoms with Crippen LogP contribution in [0.3, 0.4) is 0 Å². The number of aliphatic imine (C=N–C) groups is 1. The number of rotatable bonds is 10. The summed E-state index contributed by atoms with van der Waals surface area (Å²) in [7, 11) is 0. The van der Waals surface area contributed by atoms with Gasteiger partial charge in [-0.05, 0) is 50.4 Å². The van der Waals surface area contributed by atoms with Crippen LogP contribution < -0.4 is 16.4 Å². The van der Waals surface area contributed by atoms with Crippen molar-refractivity contribution in [3.05, 3.63) is 35.4 Å². The van der Waals surface area contributed by atoms with E-state index < -0.39 is 0 Å². The van der Waals surface area contributed by atoms with Crippen molar-refractivity contribution < 1.29 is 9.53 Å². The Morgan fingerprint density at radius 2 is 2.00 bits per heavy atom. The summed E-state index contributed by atoms with van der Waals surface area (Å²) in [5.41, 5.74) is 7.97. The molecule has 1 atom stereocenters. The maximum atomic E-state index is 11.5. The van der Waals surface area contributed by atoms with Crippen LogP contribution >= 0.6 is 0 Å². The molecule has 2 heterocycles. The number of nitrogens with one attached hydrogen (secondary N) is 2. The van der Waals surface area contributed by atoms with Gasteiger partial charge in [-0.2, -0.15) is 0 Å². The van der Waals surface area contributed by atoms with Crippen molar-refractivity contribution in [1.29, 1.82) is 0 Å². The number of carbonyl (C=O) groups excluding carboxylic acids is 1. The van der Waals surface area contributed by atoms with Crippen molar-refractivity contribution in [2.45, 2.75) is 39.3 Å². The summed E-state index contributed by atoms with van der Waals surface area (Å²) in [6.07, 6.45) is 3.02. The standard InChI is InChI=1S/C24H40N6O2/c1-2-26-24(27-9-5-11-29-12-14-32-15-13-29)28-17-20-6-3-7-21(16-20)18-30-10-4-8-22(19-30)23(25)31/h3,6-7,16,22H,2,4-5,8-15,17-19H2,1H3,(H2,25,31)(H2,26,27,28). The number of hydrogen-bond donors (Lipinski definition) is 3. The molecule has 32 heavy (non-hydrogen) atoms. The summed E-state index contributed by atoms with van der Waals surface area (Å²) < 4.78 is 5.41. The van der Waals surface area contributed by atoms with Gasteiger partial charge in [0.1, 0.15) is 0 Å². The molecule has 0 radical (unpaired) electrons. The number of nitrogens with zero attached hydrogens (tertiary/aromatic N) is 3. The fraction of sp³-hybridized carbons (Fsp3) is 0.667. The first kappa shape index (κ1) is 24.5.